The van der Waals surface area contributed by atoms with Gasteiger partial charge in [0.25, 0.3) is 0 Å². The minimum absolute atomic E-state index is 0.0790. The van der Waals surface area contributed by atoms with Gasteiger partial charge >= 0.3 is 5.97 Å². The van der Waals surface area contributed by atoms with Crippen molar-refractivity contribution in [2.75, 3.05) is 19.8 Å². The maximum Gasteiger partial charge on any atom is 0.344 e. The SMILES string of the molecule is CCOC(=O)COc1ccc2ccn(CCCOc3cccc(C)c3)c2c1. The molecule has 0 bridgehead atoms. The molecule has 142 valence electrons. The Labute approximate surface area is 159 Å². The molecule has 2 aromatic carbocycles. The van der Waals surface area contributed by atoms with Crippen molar-refractivity contribution in [1.29, 1.82) is 0 Å². The average molecular weight is 367 g/mol. The first-order chi connectivity index (χ1) is 13.2. The van der Waals surface area contributed by atoms with Crippen LogP contribution in [0.15, 0.2) is 54.7 Å². The van der Waals surface area contributed by atoms with Crippen LogP contribution in [0.1, 0.15) is 18.9 Å². The third-order valence-corrected chi connectivity index (χ3v) is 4.21. The second-order valence-corrected chi connectivity index (χ2v) is 6.34. The Kier molecular flexibility index (Phi) is 6.36. The molecule has 0 aliphatic carbocycles. The predicted molar refractivity (Wildman–Crippen MR) is 105 cm³/mol. The number of benzene rings is 2. The lowest BCUT2D eigenvalue weighted by atomic mass is 10.2. The lowest BCUT2D eigenvalue weighted by Gasteiger charge is -2.10. The second kappa shape index (κ2) is 9.12. The summed E-state index contributed by atoms with van der Waals surface area (Å²) in [5.41, 5.74) is 2.27. The fourth-order valence-electron chi connectivity index (χ4n) is 2.92. The lowest BCUT2D eigenvalue weighted by molar-refractivity contribution is -0.145. The highest BCUT2D eigenvalue weighted by Crippen LogP contribution is 2.22. The predicted octanol–water partition coefficient (Wildman–Crippen LogP) is 4.36. The van der Waals surface area contributed by atoms with E-state index >= 15 is 0 Å². The summed E-state index contributed by atoms with van der Waals surface area (Å²) in [4.78, 5) is 11.4. The Balaban J connectivity index is 1.56. The molecule has 1 heterocycles. The second-order valence-electron chi connectivity index (χ2n) is 6.34. The van der Waals surface area contributed by atoms with Crippen molar-refractivity contribution in [2.45, 2.75) is 26.8 Å². The Morgan fingerprint density at radius 2 is 1.89 bits per heavy atom. The molecule has 0 saturated heterocycles. The monoisotopic (exact) mass is 367 g/mol. The molecule has 0 radical (unpaired) electrons. The highest BCUT2D eigenvalue weighted by molar-refractivity contribution is 5.81. The first-order valence-corrected chi connectivity index (χ1v) is 9.22. The van der Waals surface area contributed by atoms with Crippen LogP contribution in [-0.2, 0) is 16.1 Å². The highest BCUT2D eigenvalue weighted by atomic mass is 16.6. The summed E-state index contributed by atoms with van der Waals surface area (Å²) in [6, 6.07) is 16.0. The van der Waals surface area contributed by atoms with Gasteiger partial charge in [-0.25, -0.2) is 4.79 Å². The maximum atomic E-state index is 11.4. The van der Waals surface area contributed by atoms with Crippen LogP contribution in [0.3, 0.4) is 0 Å². The van der Waals surface area contributed by atoms with E-state index in [2.05, 4.69) is 29.8 Å². The number of ether oxygens (including phenoxy) is 3. The number of aryl methyl sites for hydroxylation is 2. The summed E-state index contributed by atoms with van der Waals surface area (Å²) in [5.74, 6) is 1.20. The molecule has 0 aliphatic rings. The molecule has 27 heavy (non-hydrogen) atoms. The highest BCUT2D eigenvalue weighted by Gasteiger charge is 2.06. The normalized spacial score (nSPS) is 10.7. The third kappa shape index (κ3) is 5.26. The van der Waals surface area contributed by atoms with E-state index in [9.17, 15) is 4.79 Å². The largest absolute Gasteiger partial charge is 0.494 e. The van der Waals surface area contributed by atoms with E-state index in [4.69, 9.17) is 14.2 Å². The summed E-state index contributed by atoms with van der Waals surface area (Å²) < 4.78 is 18.4. The topological polar surface area (TPSA) is 49.7 Å². The molecule has 0 amide bonds. The van der Waals surface area contributed by atoms with Gasteiger partial charge in [-0.05, 0) is 61.5 Å². The molecule has 0 atom stereocenters. The van der Waals surface area contributed by atoms with Gasteiger partial charge in [0, 0.05) is 18.8 Å². The number of hydrogen-bond acceptors (Lipinski definition) is 4. The van der Waals surface area contributed by atoms with Crippen LogP contribution in [0.25, 0.3) is 10.9 Å². The fraction of sp³-hybridized carbons (Fsp3) is 0.318. The van der Waals surface area contributed by atoms with Crippen LogP contribution < -0.4 is 9.47 Å². The zero-order valence-electron chi connectivity index (χ0n) is 15.8. The van der Waals surface area contributed by atoms with Gasteiger partial charge in [0.15, 0.2) is 6.61 Å². The van der Waals surface area contributed by atoms with E-state index in [0.29, 0.717) is 19.0 Å². The zero-order valence-corrected chi connectivity index (χ0v) is 15.8. The summed E-state index contributed by atoms with van der Waals surface area (Å²) in [6.07, 6.45) is 2.96. The molecular weight excluding hydrogens is 342 g/mol. The van der Waals surface area contributed by atoms with Crippen LogP contribution in [0.2, 0.25) is 0 Å². The first-order valence-electron chi connectivity index (χ1n) is 9.22. The van der Waals surface area contributed by atoms with Crippen LogP contribution >= 0.6 is 0 Å². The van der Waals surface area contributed by atoms with E-state index in [1.54, 1.807) is 6.92 Å². The Hall–Kier alpha value is -2.95. The Bertz CT molecular complexity index is 900. The fourth-order valence-corrected chi connectivity index (χ4v) is 2.92. The minimum Gasteiger partial charge on any atom is -0.494 e. The molecule has 5 nitrogen and oxygen atoms in total. The number of aromatic nitrogens is 1. The van der Waals surface area contributed by atoms with Gasteiger partial charge in [0.1, 0.15) is 11.5 Å². The van der Waals surface area contributed by atoms with Crippen LogP contribution in [0, 0.1) is 6.92 Å². The molecule has 3 rings (SSSR count). The van der Waals surface area contributed by atoms with Crippen molar-refractivity contribution >= 4 is 16.9 Å². The number of nitrogens with zero attached hydrogens (tertiary/aromatic N) is 1. The van der Waals surface area contributed by atoms with E-state index < -0.39 is 0 Å². The van der Waals surface area contributed by atoms with Crippen molar-refractivity contribution in [3.63, 3.8) is 0 Å². The standard InChI is InChI=1S/C22H25NO4/c1-3-25-22(24)16-27-20-9-8-18-10-12-23(21(18)15-20)11-5-13-26-19-7-4-6-17(2)14-19/h4,6-10,12,14-15H,3,5,11,13,16H2,1-2H3. The van der Waals surface area contributed by atoms with Gasteiger partial charge in [-0.3, -0.25) is 0 Å². The summed E-state index contributed by atoms with van der Waals surface area (Å²) in [5, 5.41) is 1.14. The number of hydrogen-bond donors (Lipinski definition) is 0. The Morgan fingerprint density at radius 3 is 2.70 bits per heavy atom. The van der Waals surface area contributed by atoms with Gasteiger partial charge in [-0.1, -0.05) is 12.1 Å². The maximum absolute atomic E-state index is 11.4. The van der Waals surface area contributed by atoms with Gasteiger partial charge < -0.3 is 18.8 Å². The van der Waals surface area contributed by atoms with Gasteiger partial charge in [0.2, 0.25) is 0 Å². The molecule has 0 fully saturated rings. The lowest BCUT2D eigenvalue weighted by Crippen LogP contribution is -2.14. The quantitative estimate of drug-likeness (QED) is 0.416. The molecule has 1 aromatic heterocycles. The van der Waals surface area contributed by atoms with Crippen LogP contribution in [0.4, 0.5) is 0 Å². The molecular formula is C22H25NO4. The van der Waals surface area contributed by atoms with Crippen molar-refractivity contribution < 1.29 is 19.0 Å². The molecule has 3 aromatic rings. The molecule has 0 spiro atoms. The minimum atomic E-state index is -0.360. The summed E-state index contributed by atoms with van der Waals surface area (Å²) in [7, 11) is 0. The molecule has 0 saturated carbocycles. The molecule has 0 N–H and O–H groups in total. The summed E-state index contributed by atoms with van der Waals surface area (Å²) >= 11 is 0. The van der Waals surface area contributed by atoms with E-state index in [0.717, 1.165) is 29.6 Å². The van der Waals surface area contributed by atoms with Gasteiger partial charge in [-0.2, -0.15) is 0 Å². The summed E-state index contributed by atoms with van der Waals surface area (Å²) in [6.45, 7) is 5.61. The zero-order chi connectivity index (χ0) is 19.1. The van der Waals surface area contributed by atoms with Gasteiger partial charge in [0.05, 0.1) is 18.7 Å². The average Bonchev–Trinajstić information content (AvgIpc) is 3.06. The van der Waals surface area contributed by atoms with Crippen molar-refractivity contribution in [2.24, 2.45) is 0 Å². The number of carbonyl (C=O) groups excluding carboxylic acids is 1. The first kappa shape index (κ1) is 18.8. The Morgan fingerprint density at radius 1 is 1.04 bits per heavy atom. The number of esters is 1. The molecule has 5 heteroatoms. The van der Waals surface area contributed by atoms with E-state index in [1.807, 2.05) is 36.4 Å². The van der Waals surface area contributed by atoms with E-state index in [-0.39, 0.29) is 12.6 Å². The van der Waals surface area contributed by atoms with Crippen molar-refractivity contribution in [3.8, 4) is 11.5 Å². The molecule has 0 unspecified atom stereocenters. The molecule has 0 aliphatic heterocycles. The smallest absolute Gasteiger partial charge is 0.344 e. The van der Waals surface area contributed by atoms with Gasteiger partial charge in [-0.15, -0.1) is 0 Å². The number of fused-ring (bicyclic) bond motifs is 1. The van der Waals surface area contributed by atoms with Crippen molar-refractivity contribution in [3.05, 3.63) is 60.3 Å². The van der Waals surface area contributed by atoms with E-state index in [1.165, 1.54) is 5.56 Å². The number of carbonyl (C=O) groups is 1. The third-order valence-electron chi connectivity index (χ3n) is 4.21. The van der Waals surface area contributed by atoms with Crippen molar-refractivity contribution in [1.82, 2.24) is 4.57 Å². The number of rotatable bonds is 9. The van der Waals surface area contributed by atoms with Crippen LogP contribution in [0.5, 0.6) is 11.5 Å². The van der Waals surface area contributed by atoms with Crippen LogP contribution in [-0.4, -0.2) is 30.4 Å².